The van der Waals surface area contributed by atoms with E-state index in [1.165, 1.54) is 32.1 Å². The second kappa shape index (κ2) is 8.59. The van der Waals surface area contributed by atoms with Crippen LogP contribution in [-0.4, -0.2) is 0 Å². The van der Waals surface area contributed by atoms with Gasteiger partial charge in [-0.3, -0.25) is 0 Å². The van der Waals surface area contributed by atoms with Crippen molar-refractivity contribution in [3.63, 3.8) is 0 Å². The van der Waals surface area contributed by atoms with Crippen molar-refractivity contribution in [2.75, 3.05) is 0 Å². The van der Waals surface area contributed by atoms with E-state index in [1.807, 2.05) is 0 Å². The highest BCUT2D eigenvalue weighted by Crippen LogP contribution is 2.55. The first-order valence-electron chi connectivity index (χ1n) is 9.70. The SMILES string of the molecule is CCC(C(C)C(C)C)C(CC)(CC)C(C)C(C)(CC)CC. The van der Waals surface area contributed by atoms with Crippen LogP contribution in [0.4, 0.5) is 0 Å². The molecule has 0 aromatic rings. The Morgan fingerprint density at radius 2 is 1.14 bits per heavy atom. The van der Waals surface area contributed by atoms with Gasteiger partial charge >= 0.3 is 0 Å². The molecule has 0 saturated heterocycles. The molecule has 0 heterocycles. The van der Waals surface area contributed by atoms with Crippen LogP contribution in [0.1, 0.15) is 101 Å². The van der Waals surface area contributed by atoms with Gasteiger partial charge in [0, 0.05) is 0 Å². The molecule has 0 rings (SSSR count). The van der Waals surface area contributed by atoms with E-state index in [2.05, 4.69) is 69.2 Å². The fourth-order valence-electron chi connectivity index (χ4n) is 5.03. The van der Waals surface area contributed by atoms with Crippen molar-refractivity contribution in [1.82, 2.24) is 0 Å². The Balaban J connectivity index is 5.79. The molecule has 0 aromatic carbocycles. The highest BCUT2D eigenvalue weighted by molar-refractivity contribution is 4.96. The van der Waals surface area contributed by atoms with Crippen LogP contribution in [-0.2, 0) is 0 Å². The van der Waals surface area contributed by atoms with Crippen molar-refractivity contribution in [2.45, 2.75) is 101 Å². The third kappa shape index (κ3) is 4.05. The van der Waals surface area contributed by atoms with Crippen molar-refractivity contribution in [3.05, 3.63) is 0 Å². The molecular formula is C21H44. The van der Waals surface area contributed by atoms with Crippen molar-refractivity contribution in [1.29, 1.82) is 0 Å². The van der Waals surface area contributed by atoms with Crippen LogP contribution in [0.5, 0.6) is 0 Å². The summed E-state index contributed by atoms with van der Waals surface area (Å²) in [7, 11) is 0. The molecule has 128 valence electrons. The molecule has 0 amide bonds. The van der Waals surface area contributed by atoms with E-state index in [9.17, 15) is 0 Å². The molecule has 0 aliphatic heterocycles. The van der Waals surface area contributed by atoms with Gasteiger partial charge in [-0.05, 0) is 47.3 Å². The maximum Gasteiger partial charge on any atom is -0.0241 e. The highest BCUT2D eigenvalue weighted by Gasteiger charge is 2.47. The Hall–Kier alpha value is 0. The summed E-state index contributed by atoms with van der Waals surface area (Å²) >= 11 is 0. The lowest BCUT2D eigenvalue weighted by molar-refractivity contribution is -0.0463. The molecule has 0 heteroatoms. The minimum atomic E-state index is 0.482. The Kier molecular flexibility index (Phi) is 8.59. The summed E-state index contributed by atoms with van der Waals surface area (Å²) in [6, 6.07) is 0. The third-order valence-electron chi connectivity index (χ3n) is 7.70. The summed E-state index contributed by atoms with van der Waals surface area (Å²) in [6.45, 7) is 24.5. The number of hydrogen-bond donors (Lipinski definition) is 0. The minimum absolute atomic E-state index is 0.482. The predicted molar refractivity (Wildman–Crippen MR) is 98.7 cm³/mol. The summed E-state index contributed by atoms with van der Waals surface area (Å²) in [5, 5.41) is 0. The van der Waals surface area contributed by atoms with Gasteiger partial charge in [-0.1, -0.05) is 88.5 Å². The molecule has 21 heavy (non-hydrogen) atoms. The van der Waals surface area contributed by atoms with Gasteiger partial charge in [0.05, 0.1) is 0 Å². The molecule has 0 nitrogen and oxygen atoms in total. The van der Waals surface area contributed by atoms with Gasteiger partial charge in [0.15, 0.2) is 0 Å². The van der Waals surface area contributed by atoms with E-state index >= 15 is 0 Å². The lowest BCUT2D eigenvalue weighted by atomic mass is 9.51. The van der Waals surface area contributed by atoms with Crippen LogP contribution in [0.15, 0.2) is 0 Å². The van der Waals surface area contributed by atoms with E-state index in [0.29, 0.717) is 10.8 Å². The lowest BCUT2D eigenvalue weighted by Gasteiger charge is -2.54. The molecule has 3 unspecified atom stereocenters. The van der Waals surface area contributed by atoms with Gasteiger partial charge < -0.3 is 0 Å². The molecule has 0 aliphatic carbocycles. The average molecular weight is 297 g/mol. The van der Waals surface area contributed by atoms with Crippen LogP contribution in [0.3, 0.4) is 0 Å². The first-order chi connectivity index (χ1) is 9.70. The van der Waals surface area contributed by atoms with E-state index in [-0.39, 0.29) is 0 Å². The van der Waals surface area contributed by atoms with E-state index < -0.39 is 0 Å². The summed E-state index contributed by atoms with van der Waals surface area (Å²) in [5.74, 6) is 3.24. The van der Waals surface area contributed by atoms with Gasteiger partial charge in [0.25, 0.3) is 0 Å². The zero-order chi connectivity index (χ0) is 16.8. The van der Waals surface area contributed by atoms with Gasteiger partial charge in [0.2, 0.25) is 0 Å². The second-order valence-corrected chi connectivity index (χ2v) is 8.14. The second-order valence-electron chi connectivity index (χ2n) is 8.14. The minimum Gasteiger partial charge on any atom is -0.0651 e. The normalized spacial score (nSPS) is 17.9. The standard InChI is InChI=1S/C21H44/c1-11-19(17(8)16(6)7)21(14-4,15-5)18(9)20(10,12-2)13-3/h16-19H,11-15H2,1-10H3. The van der Waals surface area contributed by atoms with Gasteiger partial charge in [0.1, 0.15) is 0 Å². The van der Waals surface area contributed by atoms with Crippen LogP contribution in [0.25, 0.3) is 0 Å². The molecule has 0 aromatic heterocycles. The van der Waals surface area contributed by atoms with Gasteiger partial charge in [-0.25, -0.2) is 0 Å². The van der Waals surface area contributed by atoms with Crippen molar-refractivity contribution in [3.8, 4) is 0 Å². The maximum atomic E-state index is 2.57. The zero-order valence-electron chi connectivity index (χ0n) is 16.8. The van der Waals surface area contributed by atoms with Crippen LogP contribution < -0.4 is 0 Å². The molecule has 0 fully saturated rings. The Morgan fingerprint density at radius 1 is 0.714 bits per heavy atom. The molecule has 3 atom stereocenters. The van der Waals surface area contributed by atoms with Crippen LogP contribution >= 0.6 is 0 Å². The van der Waals surface area contributed by atoms with Gasteiger partial charge in [-0.2, -0.15) is 0 Å². The average Bonchev–Trinajstić information content (AvgIpc) is 2.50. The van der Waals surface area contributed by atoms with E-state index in [0.717, 1.165) is 23.7 Å². The lowest BCUT2D eigenvalue weighted by Crippen LogP contribution is -2.46. The fourth-order valence-corrected chi connectivity index (χ4v) is 5.03. The molecule has 0 aliphatic rings. The first-order valence-corrected chi connectivity index (χ1v) is 9.70. The van der Waals surface area contributed by atoms with Crippen LogP contribution in [0.2, 0.25) is 0 Å². The van der Waals surface area contributed by atoms with Crippen molar-refractivity contribution >= 4 is 0 Å². The predicted octanol–water partition coefficient (Wildman–Crippen LogP) is 7.57. The van der Waals surface area contributed by atoms with Crippen LogP contribution in [0, 0.1) is 34.5 Å². The molecule has 0 spiro atoms. The molecule has 0 saturated carbocycles. The smallest absolute Gasteiger partial charge is 0.0241 e. The highest BCUT2D eigenvalue weighted by atomic mass is 14.5. The number of rotatable bonds is 10. The van der Waals surface area contributed by atoms with E-state index in [1.54, 1.807) is 0 Å². The molecule has 0 N–H and O–H groups in total. The molecular weight excluding hydrogens is 252 g/mol. The Morgan fingerprint density at radius 3 is 1.38 bits per heavy atom. The van der Waals surface area contributed by atoms with E-state index in [4.69, 9.17) is 0 Å². The number of hydrogen-bond acceptors (Lipinski definition) is 0. The maximum absolute atomic E-state index is 2.57. The van der Waals surface area contributed by atoms with Crippen molar-refractivity contribution < 1.29 is 0 Å². The largest absolute Gasteiger partial charge is 0.0651 e. The quantitative estimate of drug-likeness (QED) is 0.390. The third-order valence-corrected chi connectivity index (χ3v) is 7.70. The zero-order valence-corrected chi connectivity index (χ0v) is 16.8. The Bertz CT molecular complexity index is 264. The monoisotopic (exact) mass is 296 g/mol. The first kappa shape index (κ1) is 21.0. The fraction of sp³-hybridized carbons (Fsp3) is 1.00. The molecule has 0 bridgehead atoms. The molecule has 0 radical (unpaired) electrons. The van der Waals surface area contributed by atoms with Crippen molar-refractivity contribution in [2.24, 2.45) is 34.5 Å². The summed E-state index contributed by atoms with van der Waals surface area (Å²) in [6.07, 6.45) is 6.60. The van der Waals surface area contributed by atoms with Gasteiger partial charge in [-0.15, -0.1) is 0 Å². The summed E-state index contributed by atoms with van der Waals surface area (Å²) in [4.78, 5) is 0. The summed E-state index contributed by atoms with van der Waals surface area (Å²) < 4.78 is 0. The summed E-state index contributed by atoms with van der Waals surface area (Å²) in [5.41, 5.74) is 0.981. The Labute approximate surface area is 136 Å². The topological polar surface area (TPSA) is 0 Å².